The molecule has 8 heteroatoms. The van der Waals surface area contributed by atoms with Crippen molar-refractivity contribution in [2.45, 2.75) is 6.92 Å². The predicted octanol–water partition coefficient (Wildman–Crippen LogP) is 3.27. The van der Waals surface area contributed by atoms with Crippen molar-refractivity contribution in [2.75, 3.05) is 32.0 Å². The Balaban J connectivity index is 1.98. The number of hydrogen-bond acceptors (Lipinski definition) is 4. The van der Waals surface area contributed by atoms with Gasteiger partial charge in [0.2, 0.25) is 0 Å². The fourth-order valence-corrected chi connectivity index (χ4v) is 3.58. The summed E-state index contributed by atoms with van der Waals surface area (Å²) in [4.78, 5) is 19.6. The number of fused-ring (bicyclic) bond motifs is 1. The molecular formula is C19H18BrFN4O2. The van der Waals surface area contributed by atoms with Crippen LogP contribution in [0.2, 0.25) is 0 Å². The molecular weight excluding hydrogens is 415 g/mol. The lowest BCUT2D eigenvalue weighted by Crippen LogP contribution is -2.41. The number of rotatable bonds is 2. The lowest BCUT2D eigenvalue weighted by Gasteiger charge is -2.28. The highest BCUT2D eigenvalue weighted by molar-refractivity contribution is 9.10. The molecule has 2 aromatic heterocycles. The summed E-state index contributed by atoms with van der Waals surface area (Å²) in [6.45, 7) is 3.88. The maximum Gasteiger partial charge on any atom is 0.273 e. The summed E-state index contributed by atoms with van der Waals surface area (Å²) in [7, 11) is 0. The largest absolute Gasteiger partial charge is 0.382 e. The van der Waals surface area contributed by atoms with E-state index in [1.165, 1.54) is 6.07 Å². The number of benzene rings is 1. The van der Waals surface area contributed by atoms with Crippen LogP contribution < -0.4 is 5.73 Å². The van der Waals surface area contributed by atoms with E-state index in [-0.39, 0.29) is 5.91 Å². The number of halogens is 2. The zero-order chi connectivity index (χ0) is 19.1. The summed E-state index contributed by atoms with van der Waals surface area (Å²) < 4.78 is 21.7. The Hall–Kier alpha value is -2.45. The van der Waals surface area contributed by atoms with Gasteiger partial charge in [-0.05, 0) is 47.1 Å². The van der Waals surface area contributed by atoms with Gasteiger partial charge >= 0.3 is 0 Å². The second-order valence-corrected chi connectivity index (χ2v) is 7.28. The van der Waals surface area contributed by atoms with E-state index >= 15 is 0 Å². The van der Waals surface area contributed by atoms with Crippen LogP contribution >= 0.6 is 15.9 Å². The highest BCUT2D eigenvalue weighted by atomic mass is 79.9. The molecule has 1 amide bonds. The number of amides is 1. The molecule has 3 heterocycles. The van der Waals surface area contributed by atoms with E-state index in [2.05, 4.69) is 20.9 Å². The van der Waals surface area contributed by atoms with Gasteiger partial charge in [0.1, 0.15) is 23.0 Å². The van der Waals surface area contributed by atoms with Gasteiger partial charge in [0, 0.05) is 24.3 Å². The molecule has 0 unspecified atom stereocenters. The number of anilines is 1. The topological polar surface area (TPSA) is 72.9 Å². The number of hydrogen-bond donors (Lipinski definition) is 1. The predicted molar refractivity (Wildman–Crippen MR) is 104 cm³/mol. The van der Waals surface area contributed by atoms with E-state index in [4.69, 9.17) is 10.5 Å². The highest BCUT2D eigenvalue weighted by Crippen LogP contribution is 2.31. The molecule has 1 fully saturated rings. The first-order valence-corrected chi connectivity index (χ1v) is 9.36. The highest BCUT2D eigenvalue weighted by Gasteiger charge is 2.27. The molecule has 0 aliphatic carbocycles. The van der Waals surface area contributed by atoms with E-state index < -0.39 is 5.82 Å². The second kappa shape index (κ2) is 6.94. The fraction of sp³-hybridized carbons (Fsp3) is 0.263. The zero-order valence-corrected chi connectivity index (χ0v) is 16.3. The number of nitrogens with zero attached hydrogens (tertiary/aromatic N) is 3. The van der Waals surface area contributed by atoms with Crippen molar-refractivity contribution in [1.29, 1.82) is 0 Å². The van der Waals surface area contributed by atoms with Crippen molar-refractivity contribution >= 4 is 33.2 Å². The van der Waals surface area contributed by atoms with E-state index in [1.54, 1.807) is 21.4 Å². The number of ether oxygens (including phenoxy) is 1. The van der Waals surface area contributed by atoms with Crippen molar-refractivity contribution < 1.29 is 13.9 Å². The van der Waals surface area contributed by atoms with Gasteiger partial charge in [-0.1, -0.05) is 6.07 Å². The molecule has 27 heavy (non-hydrogen) atoms. The summed E-state index contributed by atoms with van der Waals surface area (Å²) in [5.41, 5.74) is 8.89. The first-order valence-electron chi connectivity index (χ1n) is 8.57. The van der Waals surface area contributed by atoms with Crippen molar-refractivity contribution in [3.63, 3.8) is 0 Å². The Bertz CT molecular complexity index is 1040. The third-order valence-electron chi connectivity index (χ3n) is 4.71. The molecule has 3 aromatic rings. The van der Waals surface area contributed by atoms with Crippen LogP contribution in [0.3, 0.4) is 0 Å². The molecule has 6 nitrogen and oxygen atoms in total. The maximum atomic E-state index is 14.2. The summed E-state index contributed by atoms with van der Waals surface area (Å²) in [6.07, 6.45) is 0. The van der Waals surface area contributed by atoms with Crippen molar-refractivity contribution in [2.24, 2.45) is 0 Å². The van der Waals surface area contributed by atoms with Gasteiger partial charge in [0.25, 0.3) is 5.91 Å². The Morgan fingerprint density at radius 1 is 1.26 bits per heavy atom. The van der Waals surface area contributed by atoms with Gasteiger partial charge in [-0.2, -0.15) is 0 Å². The standard InChI is InChI=1S/C19H18BrFN4O2/c1-11-2-5-15-18(22)23-16(12-3-4-13(20)14(21)10-12)17(25(11)15)19(26)24-6-8-27-9-7-24/h2-5,10H,6-9H2,1H3,(H2,22,23). The first kappa shape index (κ1) is 17.9. The number of morpholine rings is 1. The van der Waals surface area contributed by atoms with Gasteiger partial charge in [0.15, 0.2) is 0 Å². The molecule has 0 spiro atoms. The van der Waals surface area contributed by atoms with Gasteiger partial charge in [-0.15, -0.1) is 0 Å². The average molecular weight is 433 g/mol. The van der Waals surface area contributed by atoms with Crippen LogP contribution in [0.4, 0.5) is 10.2 Å². The van der Waals surface area contributed by atoms with Gasteiger partial charge in [-0.3, -0.25) is 4.79 Å². The zero-order valence-electron chi connectivity index (χ0n) is 14.7. The fourth-order valence-electron chi connectivity index (χ4n) is 3.33. The number of carbonyl (C=O) groups excluding carboxylic acids is 1. The number of aryl methyl sites for hydroxylation is 1. The number of aromatic nitrogens is 2. The van der Waals surface area contributed by atoms with E-state index in [0.29, 0.717) is 59.1 Å². The lowest BCUT2D eigenvalue weighted by atomic mass is 10.1. The average Bonchev–Trinajstić information content (AvgIpc) is 3.06. The SMILES string of the molecule is Cc1ccc2c(N)nc(-c3ccc(Br)c(F)c3)c(C(=O)N3CCOCC3)n12. The smallest absolute Gasteiger partial charge is 0.273 e. The minimum Gasteiger partial charge on any atom is -0.382 e. The molecule has 1 aliphatic heterocycles. The van der Waals surface area contributed by atoms with Crippen LogP contribution in [0, 0.1) is 12.7 Å². The van der Waals surface area contributed by atoms with Gasteiger partial charge in [-0.25, -0.2) is 9.37 Å². The van der Waals surface area contributed by atoms with Gasteiger partial charge in [0.05, 0.1) is 23.2 Å². The van der Waals surface area contributed by atoms with Crippen LogP contribution in [0.5, 0.6) is 0 Å². The summed E-state index contributed by atoms with van der Waals surface area (Å²) in [5, 5.41) is 0. The number of nitrogens with two attached hydrogens (primary N) is 1. The maximum absolute atomic E-state index is 14.2. The van der Waals surface area contributed by atoms with Gasteiger partial charge < -0.3 is 19.8 Å². The molecule has 140 valence electrons. The monoisotopic (exact) mass is 432 g/mol. The number of carbonyl (C=O) groups is 1. The molecule has 0 bridgehead atoms. The quantitative estimate of drug-likeness (QED) is 0.674. The molecule has 1 saturated heterocycles. The summed E-state index contributed by atoms with van der Waals surface area (Å²) in [6, 6.07) is 8.38. The molecule has 1 aromatic carbocycles. The molecule has 2 N–H and O–H groups in total. The van der Waals surface area contributed by atoms with Crippen molar-refractivity contribution in [1.82, 2.24) is 14.3 Å². The van der Waals surface area contributed by atoms with E-state index in [1.807, 2.05) is 19.1 Å². The summed E-state index contributed by atoms with van der Waals surface area (Å²) in [5.74, 6) is -0.310. The Morgan fingerprint density at radius 3 is 2.70 bits per heavy atom. The molecule has 0 saturated carbocycles. The third-order valence-corrected chi connectivity index (χ3v) is 5.36. The minimum atomic E-state index is -0.429. The molecule has 1 aliphatic rings. The normalized spacial score (nSPS) is 14.7. The van der Waals surface area contributed by atoms with Crippen molar-refractivity contribution in [3.05, 3.63) is 52.0 Å². The first-order chi connectivity index (χ1) is 13.0. The third kappa shape index (κ3) is 3.08. The van der Waals surface area contributed by atoms with Crippen LogP contribution in [-0.4, -0.2) is 46.5 Å². The van der Waals surface area contributed by atoms with Crippen LogP contribution in [0.25, 0.3) is 16.8 Å². The minimum absolute atomic E-state index is 0.173. The summed E-state index contributed by atoms with van der Waals surface area (Å²) >= 11 is 3.16. The molecule has 0 atom stereocenters. The van der Waals surface area contributed by atoms with E-state index in [9.17, 15) is 9.18 Å². The van der Waals surface area contributed by atoms with Crippen molar-refractivity contribution in [3.8, 4) is 11.3 Å². The second-order valence-electron chi connectivity index (χ2n) is 6.42. The Kier molecular flexibility index (Phi) is 4.61. The lowest BCUT2D eigenvalue weighted by molar-refractivity contribution is 0.0298. The van der Waals surface area contributed by atoms with E-state index in [0.717, 1.165) is 5.69 Å². The van der Waals surface area contributed by atoms with Crippen LogP contribution in [0.15, 0.2) is 34.8 Å². The molecule has 0 radical (unpaired) electrons. The van der Waals surface area contributed by atoms with Crippen LogP contribution in [-0.2, 0) is 4.74 Å². The van der Waals surface area contributed by atoms with Crippen LogP contribution in [0.1, 0.15) is 16.2 Å². The number of nitrogen functional groups attached to an aromatic ring is 1. The molecule has 4 rings (SSSR count). The Labute approximate surface area is 163 Å². The Morgan fingerprint density at radius 2 is 2.00 bits per heavy atom.